The molecule has 2 aromatic rings. The van der Waals surface area contributed by atoms with Crippen LogP contribution in [0.1, 0.15) is 35.4 Å². The van der Waals surface area contributed by atoms with Gasteiger partial charge in [0.1, 0.15) is 5.82 Å². The third-order valence-corrected chi connectivity index (χ3v) is 4.14. The summed E-state index contributed by atoms with van der Waals surface area (Å²) in [5.41, 5.74) is 3.47. The third-order valence-electron chi connectivity index (χ3n) is 4.14. The van der Waals surface area contributed by atoms with Crippen molar-refractivity contribution >= 4 is 5.69 Å². The molecule has 1 N–H and O–H groups in total. The van der Waals surface area contributed by atoms with Gasteiger partial charge < -0.3 is 5.32 Å². The average molecular weight is 280 g/mol. The molecule has 1 aliphatic carbocycles. The first kappa shape index (κ1) is 13.6. The van der Waals surface area contributed by atoms with Crippen LogP contribution in [0, 0.1) is 24.1 Å². The first-order chi connectivity index (χ1) is 10.2. The monoisotopic (exact) mass is 280 g/mol. The lowest BCUT2D eigenvalue weighted by atomic mass is 9.75. The smallest absolute Gasteiger partial charge is 0.147 e. The van der Waals surface area contributed by atoms with Gasteiger partial charge in [0.25, 0.3) is 0 Å². The van der Waals surface area contributed by atoms with Gasteiger partial charge in [-0.1, -0.05) is 29.8 Å². The van der Waals surface area contributed by atoms with E-state index in [0.717, 1.165) is 12.8 Å². The Bertz CT molecular complexity index is 679. The second-order valence-electron chi connectivity index (χ2n) is 5.73. The van der Waals surface area contributed by atoms with E-state index in [1.165, 1.54) is 17.2 Å². The van der Waals surface area contributed by atoms with Crippen molar-refractivity contribution in [2.45, 2.75) is 31.7 Å². The lowest BCUT2D eigenvalue weighted by molar-refractivity contribution is 0.373. The number of benzene rings is 2. The average Bonchev–Trinajstić information content (AvgIpc) is 2.45. The summed E-state index contributed by atoms with van der Waals surface area (Å²) < 4.78 is 13.8. The Morgan fingerprint density at radius 2 is 1.86 bits per heavy atom. The Balaban J connectivity index is 1.60. The van der Waals surface area contributed by atoms with Gasteiger partial charge in [0.15, 0.2) is 0 Å². The molecule has 0 radical (unpaired) electrons. The molecule has 1 saturated carbocycles. The van der Waals surface area contributed by atoms with Crippen LogP contribution in [0.2, 0.25) is 0 Å². The van der Waals surface area contributed by atoms with E-state index < -0.39 is 0 Å². The Labute approximate surface area is 124 Å². The Morgan fingerprint density at radius 3 is 2.48 bits per heavy atom. The molecule has 0 saturated heterocycles. The van der Waals surface area contributed by atoms with Crippen molar-refractivity contribution in [1.29, 1.82) is 5.26 Å². The largest absolute Gasteiger partial charge is 0.380 e. The SMILES string of the molecule is Cc1ccc(C2CC(Nc3ccc(C#N)cc3F)C2)cc1. The molecule has 0 amide bonds. The van der Waals surface area contributed by atoms with Crippen LogP contribution in [0.25, 0.3) is 0 Å². The number of hydrogen-bond acceptors (Lipinski definition) is 2. The maximum absolute atomic E-state index is 13.8. The molecule has 0 aromatic heterocycles. The molecule has 2 nitrogen and oxygen atoms in total. The van der Waals surface area contributed by atoms with Gasteiger partial charge >= 0.3 is 0 Å². The van der Waals surface area contributed by atoms with E-state index in [9.17, 15) is 4.39 Å². The fourth-order valence-electron chi connectivity index (χ4n) is 2.77. The highest BCUT2D eigenvalue weighted by atomic mass is 19.1. The van der Waals surface area contributed by atoms with Gasteiger partial charge in [-0.2, -0.15) is 5.26 Å². The zero-order valence-electron chi connectivity index (χ0n) is 11.9. The van der Waals surface area contributed by atoms with Gasteiger partial charge in [0.2, 0.25) is 0 Å². The first-order valence-corrected chi connectivity index (χ1v) is 7.18. The highest BCUT2D eigenvalue weighted by Crippen LogP contribution is 2.38. The number of nitriles is 1. The molecule has 3 heteroatoms. The van der Waals surface area contributed by atoms with E-state index in [1.54, 1.807) is 12.1 Å². The van der Waals surface area contributed by atoms with E-state index in [-0.39, 0.29) is 5.82 Å². The van der Waals surface area contributed by atoms with E-state index in [1.807, 2.05) is 6.07 Å². The Kier molecular flexibility index (Phi) is 3.62. The van der Waals surface area contributed by atoms with Crippen LogP contribution in [0.5, 0.6) is 0 Å². The molecule has 0 aliphatic heterocycles. The number of rotatable bonds is 3. The molecule has 0 atom stereocenters. The van der Waals surface area contributed by atoms with Crippen LogP contribution in [0.4, 0.5) is 10.1 Å². The van der Waals surface area contributed by atoms with Crippen molar-refractivity contribution in [1.82, 2.24) is 0 Å². The topological polar surface area (TPSA) is 35.8 Å². The maximum Gasteiger partial charge on any atom is 0.147 e. The predicted molar refractivity (Wildman–Crippen MR) is 81.7 cm³/mol. The number of nitrogens with one attached hydrogen (secondary N) is 1. The van der Waals surface area contributed by atoms with E-state index in [0.29, 0.717) is 23.2 Å². The number of nitrogens with zero attached hydrogens (tertiary/aromatic N) is 1. The minimum absolute atomic E-state index is 0.304. The molecule has 0 unspecified atom stereocenters. The number of halogens is 1. The summed E-state index contributed by atoms with van der Waals surface area (Å²) in [6.07, 6.45) is 2.03. The normalized spacial score (nSPS) is 20.4. The third kappa shape index (κ3) is 2.90. The molecule has 0 spiro atoms. The van der Waals surface area contributed by atoms with Gasteiger partial charge in [-0.05, 0) is 49.4 Å². The number of aryl methyl sites for hydroxylation is 1. The van der Waals surface area contributed by atoms with Crippen molar-refractivity contribution < 1.29 is 4.39 Å². The van der Waals surface area contributed by atoms with Crippen LogP contribution in [-0.4, -0.2) is 6.04 Å². The highest BCUT2D eigenvalue weighted by molar-refractivity contribution is 5.50. The quantitative estimate of drug-likeness (QED) is 0.906. The summed E-state index contributed by atoms with van der Waals surface area (Å²) >= 11 is 0. The summed E-state index contributed by atoms with van der Waals surface area (Å²) in [6, 6.07) is 15.4. The van der Waals surface area contributed by atoms with Crippen molar-refractivity contribution in [3.05, 3.63) is 65.0 Å². The number of anilines is 1. The summed E-state index contributed by atoms with van der Waals surface area (Å²) in [5.74, 6) is 0.206. The van der Waals surface area contributed by atoms with E-state index in [4.69, 9.17) is 5.26 Å². The summed E-state index contributed by atoms with van der Waals surface area (Å²) in [5, 5.41) is 12.0. The molecule has 0 heterocycles. The van der Waals surface area contributed by atoms with Gasteiger partial charge in [-0.3, -0.25) is 0 Å². The van der Waals surface area contributed by atoms with Crippen molar-refractivity contribution in [2.75, 3.05) is 5.32 Å². The zero-order chi connectivity index (χ0) is 14.8. The molecule has 106 valence electrons. The van der Waals surface area contributed by atoms with Crippen molar-refractivity contribution in [3.63, 3.8) is 0 Å². The molecule has 2 aromatic carbocycles. The van der Waals surface area contributed by atoms with Gasteiger partial charge in [0, 0.05) is 6.04 Å². The second-order valence-corrected chi connectivity index (χ2v) is 5.73. The lowest BCUT2D eigenvalue weighted by Gasteiger charge is -2.37. The highest BCUT2D eigenvalue weighted by Gasteiger charge is 2.30. The van der Waals surface area contributed by atoms with Crippen LogP contribution >= 0.6 is 0 Å². The van der Waals surface area contributed by atoms with Crippen molar-refractivity contribution in [3.8, 4) is 6.07 Å². The fraction of sp³-hybridized carbons (Fsp3) is 0.278. The molecule has 1 aliphatic rings. The summed E-state index contributed by atoms with van der Waals surface area (Å²) in [7, 11) is 0. The Morgan fingerprint density at radius 1 is 1.14 bits per heavy atom. The van der Waals surface area contributed by atoms with E-state index in [2.05, 4.69) is 36.5 Å². The molecular formula is C18H17FN2. The zero-order valence-corrected chi connectivity index (χ0v) is 11.9. The van der Waals surface area contributed by atoms with Crippen LogP contribution in [-0.2, 0) is 0 Å². The standard InChI is InChI=1S/C18H17FN2/c1-12-2-5-14(6-3-12)15-9-16(10-15)21-18-7-4-13(11-20)8-17(18)19/h2-8,15-16,21H,9-10H2,1H3. The van der Waals surface area contributed by atoms with Crippen LogP contribution in [0.3, 0.4) is 0 Å². The summed E-state index contributed by atoms with van der Waals surface area (Å²) in [6.45, 7) is 2.09. The van der Waals surface area contributed by atoms with Crippen molar-refractivity contribution in [2.24, 2.45) is 0 Å². The lowest BCUT2D eigenvalue weighted by Crippen LogP contribution is -2.34. The molecular weight excluding hydrogens is 263 g/mol. The molecule has 0 bridgehead atoms. The van der Waals surface area contributed by atoms with Crippen LogP contribution in [0.15, 0.2) is 42.5 Å². The van der Waals surface area contributed by atoms with Crippen LogP contribution < -0.4 is 5.32 Å². The number of hydrogen-bond donors (Lipinski definition) is 1. The Hall–Kier alpha value is -2.34. The molecule has 21 heavy (non-hydrogen) atoms. The minimum Gasteiger partial charge on any atom is -0.380 e. The molecule has 3 rings (SSSR count). The predicted octanol–water partition coefficient (Wildman–Crippen LogP) is 4.36. The first-order valence-electron chi connectivity index (χ1n) is 7.18. The fourth-order valence-corrected chi connectivity index (χ4v) is 2.77. The minimum atomic E-state index is -0.354. The van der Waals surface area contributed by atoms with Gasteiger partial charge in [0.05, 0.1) is 17.3 Å². The second kappa shape index (κ2) is 5.57. The maximum atomic E-state index is 13.8. The van der Waals surface area contributed by atoms with E-state index >= 15 is 0 Å². The van der Waals surface area contributed by atoms with Gasteiger partial charge in [-0.15, -0.1) is 0 Å². The summed E-state index contributed by atoms with van der Waals surface area (Å²) in [4.78, 5) is 0. The van der Waals surface area contributed by atoms with Gasteiger partial charge in [-0.25, -0.2) is 4.39 Å². The molecule has 1 fully saturated rings.